The molecule has 0 atom stereocenters. The third-order valence-corrected chi connectivity index (χ3v) is 2.98. The highest BCUT2D eigenvalue weighted by molar-refractivity contribution is 5.78. The molecule has 0 amide bonds. The summed E-state index contributed by atoms with van der Waals surface area (Å²) in [5, 5.41) is 0. The Bertz CT molecular complexity index is 753. The maximum absolute atomic E-state index is 11.1. The van der Waals surface area contributed by atoms with Gasteiger partial charge in [-0.2, -0.15) is 0 Å². The van der Waals surface area contributed by atoms with E-state index in [0.717, 1.165) is 29.9 Å². The Morgan fingerprint density at radius 1 is 1.32 bits per heavy atom. The summed E-state index contributed by atoms with van der Waals surface area (Å²) in [6.07, 6.45) is 3.51. The maximum Gasteiger partial charge on any atom is 0.417 e. The van der Waals surface area contributed by atoms with Crippen molar-refractivity contribution in [1.82, 2.24) is 15.0 Å². The first-order valence-electron chi connectivity index (χ1n) is 6.13. The molecule has 0 saturated carbocycles. The summed E-state index contributed by atoms with van der Waals surface area (Å²) in [5.74, 6) is 0.469. The summed E-state index contributed by atoms with van der Waals surface area (Å²) >= 11 is 0. The predicted molar refractivity (Wildman–Crippen MR) is 71.8 cm³/mol. The lowest BCUT2D eigenvalue weighted by Gasteiger charge is -1.97. The summed E-state index contributed by atoms with van der Waals surface area (Å²) in [7, 11) is 0. The fourth-order valence-electron chi connectivity index (χ4n) is 2.02. The Morgan fingerprint density at radius 2 is 2.21 bits per heavy atom. The second-order valence-electron chi connectivity index (χ2n) is 4.36. The van der Waals surface area contributed by atoms with Gasteiger partial charge < -0.3 is 15.1 Å². The molecule has 2 aromatic heterocycles. The molecule has 1 aromatic carbocycles. The highest BCUT2D eigenvalue weighted by atomic mass is 16.4. The number of imidazole rings is 1. The molecule has 6 nitrogen and oxygen atoms in total. The second-order valence-corrected chi connectivity index (χ2v) is 4.36. The van der Waals surface area contributed by atoms with E-state index in [1.165, 1.54) is 0 Å². The molecule has 0 unspecified atom stereocenters. The average molecular weight is 258 g/mol. The Balaban J connectivity index is 1.94. The van der Waals surface area contributed by atoms with Gasteiger partial charge in [0.1, 0.15) is 5.82 Å². The topological polar surface area (TPSA) is 101 Å². The number of hydrogen-bond donors (Lipinski definition) is 3. The van der Waals surface area contributed by atoms with Crippen molar-refractivity contribution in [2.24, 2.45) is 5.73 Å². The van der Waals surface area contributed by atoms with E-state index in [-0.39, 0.29) is 0 Å². The molecule has 3 rings (SSSR count). The Morgan fingerprint density at radius 3 is 3.05 bits per heavy atom. The number of rotatable bonds is 4. The minimum Gasteiger partial charge on any atom is -0.408 e. The molecule has 0 spiro atoms. The van der Waals surface area contributed by atoms with Crippen LogP contribution in [0.1, 0.15) is 12.2 Å². The first-order chi connectivity index (χ1) is 9.26. The highest BCUT2D eigenvalue weighted by Crippen LogP contribution is 2.21. The number of benzene rings is 1. The predicted octanol–water partition coefficient (Wildman–Crippen LogP) is 1.40. The van der Waals surface area contributed by atoms with Crippen LogP contribution >= 0.6 is 0 Å². The van der Waals surface area contributed by atoms with Crippen LogP contribution in [0.2, 0.25) is 0 Å². The monoisotopic (exact) mass is 258 g/mol. The molecular formula is C13H14N4O2. The number of aryl methyl sites for hydroxylation is 1. The van der Waals surface area contributed by atoms with E-state index < -0.39 is 5.76 Å². The van der Waals surface area contributed by atoms with Crippen LogP contribution in [0.4, 0.5) is 0 Å². The molecule has 0 aliphatic heterocycles. The van der Waals surface area contributed by atoms with Gasteiger partial charge in [0.05, 0.1) is 17.4 Å². The second kappa shape index (κ2) is 4.74. The lowest BCUT2D eigenvalue weighted by atomic mass is 10.1. The first-order valence-corrected chi connectivity index (χ1v) is 6.13. The van der Waals surface area contributed by atoms with Gasteiger partial charge in [0.2, 0.25) is 0 Å². The number of nitrogens with two attached hydrogens (primary N) is 1. The summed E-state index contributed by atoms with van der Waals surface area (Å²) in [6, 6.07) is 5.54. The number of aromatic amines is 2. The molecule has 98 valence electrons. The molecule has 0 fully saturated rings. The van der Waals surface area contributed by atoms with E-state index in [9.17, 15) is 4.79 Å². The van der Waals surface area contributed by atoms with Crippen molar-refractivity contribution in [2.45, 2.75) is 12.8 Å². The van der Waals surface area contributed by atoms with Crippen molar-refractivity contribution in [2.75, 3.05) is 6.54 Å². The van der Waals surface area contributed by atoms with Gasteiger partial charge >= 0.3 is 5.76 Å². The van der Waals surface area contributed by atoms with Gasteiger partial charge in [-0.3, -0.25) is 4.98 Å². The van der Waals surface area contributed by atoms with Crippen LogP contribution in [0.5, 0.6) is 0 Å². The quantitative estimate of drug-likeness (QED) is 0.658. The van der Waals surface area contributed by atoms with Crippen LogP contribution in [0.25, 0.3) is 22.4 Å². The van der Waals surface area contributed by atoms with Crippen molar-refractivity contribution >= 4 is 11.1 Å². The third kappa shape index (κ3) is 2.30. The number of fused-ring (bicyclic) bond motifs is 1. The molecule has 0 aliphatic rings. The zero-order chi connectivity index (χ0) is 13.2. The Kier molecular flexibility index (Phi) is 2.92. The number of hydrogen-bond acceptors (Lipinski definition) is 4. The number of oxazole rings is 1. The van der Waals surface area contributed by atoms with Crippen LogP contribution in [0, 0.1) is 0 Å². The maximum atomic E-state index is 11.1. The smallest absolute Gasteiger partial charge is 0.408 e. The van der Waals surface area contributed by atoms with Crippen molar-refractivity contribution in [3.05, 3.63) is 40.8 Å². The Labute approximate surface area is 108 Å². The van der Waals surface area contributed by atoms with E-state index in [0.29, 0.717) is 17.6 Å². The number of aromatic nitrogens is 3. The zero-order valence-corrected chi connectivity index (χ0v) is 10.3. The van der Waals surface area contributed by atoms with Crippen molar-refractivity contribution in [3.8, 4) is 11.3 Å². The van der Waals surface area contributed by atoms with Gasteiger partial charge in [0.25, 0.3) is 0 Å². The fraction of sp³-hybridized carbons (Fsp3) is 0.231. The molecule has 0 bridgehead atoms. The normalized spacial score (nSPS) is 11.2. The van der Waals surface area contributed by atoms with Gasteiger partial charge in [0.15, 0.2) is 5.58 Å². The van der Waals surface area contributed by atoms with Gasteiger partial charge in [-0.25, -0.2) is 9.78 Å². The number of H-pyrrole nitrogens is 2. The summed E-state index contributed by atoms with van der Waals surface area (Å²) in [4.78, 5) is 21.3. The van der Waals surface area contributed by atoms with Crippen molar-refractivity contribution in [3.63, 3.8) is 0 Å². The van der Waals surface area contributed by atoms with E-state index in [1.807, 2.05) is 18.2 Å². The molecule has 6 heteroatoms. The fourth-order valence-corrected chi connectivity index (χ4v) is 2.02. The SMILES string of the molecule is NCCCc1ncc(-c2ccc3[nH]c(=O)oc3c2)[nH]1. The van der Waals surface area contributed by atoms with Crippen LogP contribution in [-0.2, 0) is 6.42 Å². The molecule has 0 radical (unpaired) electrons. The van der Waals surface area contributed by atoms with Gasteiger partial charge in [-0.1, -0.05) is 6.07 Å². The first kappa shape index (κ1) is 11.7. The zero-order valence-electron chi connectivity index (χ0n) is 10.3. The summed E-state index contributed by atoms with van der Waals surface area (Å²) in [6.45, 7) is 0.649. The van der Waals surface area contributed by atoms with Crippen molar-refractivity contribution < 1.29 is 4.42 Å². The van der Waals surface area contributed by atoms with Crippen LogP contribution < -0.4 is 11.5 Å². The minimum atomic E-state index is -0.444. The molecule has 0 aliphatic carbocycles. The standard InChI is InChI=1S/C13H14N4O2/c14-5-1-2-12-15-7-10(16-12)8-3-4-9-11(6-8)19-13(18)17-9/h3-4,6-7H,1-2,5,14H2,(H,15,16)(H,17,18). The van der Waals surface area contributed by atoms with Crippen LogP contribution in [0.15, 0.2) is 33.6 Å². The van der Waals surface area contributed by atoms with E-state index in [1.54, 1.807) is 6.20 Å². The van der Waals surface area contributed by atoms with Crippen molar-refractivity contribution in [1.29, 1.82) is 0 Å². The largest absolute Gasteiger partial charge is 0.417 e. The third-order valence-electron chi connectivity index (χ3n) is 2.98. The molecule has 2 heterocycles. The molecule has 3 aromatic rings. The van der Waals surface area contributed by atoms with E-state index in [2.05, 4.69) is 15.0 Å². The summed E-state index contributed by atoms with van der Waals surface area (Å²) < 4.78 is 5.04. The van der Waals surface area contributed by atoms with Crippen LogP contribution in [-0.4, -0.2) is 21.5 Å². The average Bonchev–Trinajstić information content (AvgIpc) is 3.00. The number of nitrogens with one attached hydrogen (secondary N) is 2. The van der Waals surface area contributed by atoms with Gasteiger partial charge in [0, 0.05) is 12.0 Å². The molecular weight excluding hydrogens is 244 g/mol. The van der Waals surface area contributed by atoms with E-state index in [4.69, 9.17) is 10.2 Å². The molecule has 4 N–H and O–H groups in total. The molecule has 0 saturated heterocycles. The highest BCUT2D eigenvalue weighted by Gasteiger charge is 2.06. The minimum absolute atomic E-state index is 0.444. The lowest BCUT2D eigenvalue weighted by molar-refractivity contribution is 0.555. The molecule has 19 heavy (non-hydrogen) atoms. The van der Waals surface area contributed by atoms with Gasteiger partial charge in [-0.15, -0.1) is 0 Å². The lowest BCUT2D eigenvalue weighted by Crippen LogP contribution is -2.01. The number of nitrogens with zero attached hydrogens (tertiary/aromatic N) is 1. The Hall–Kier alpha value is -2.34. The summed E-state index contributed by atoms with van der Waals surface area (Å²) in [5.41, 5.74) is 8.54. The van der Waals surface area contributed by atoms with Gasteiger partial charge in [-0.05, 0) is 25.1 Å². The van der Waals surface area contributed by atoms with Crippen LogP contribution in [0.3, 0.4) is 0 Å². The van der Waals surface area contributed by atoms with E-state index >= 15 is 0 Å².